The van der Waals surface area contributed by atoms with Gasteiger partial charge in [0.05, 0.1) is 27.2 Å². The third-order valence-corrected chi connectivity index (χ3v) is 3.88. The summed E-state index contributed by atoms with van der Waals surface area (Å²) < 4.78 is 0.647. The average Bonchev–Trinajstić information content (AvgIpc) is 2.49. The van der Waals surface area contributed by atoms with E-state index in [0.717, 1.165) is 29.3 Å². The monoisotopic (exact) mass is 393 g/mol. The van der Waals surface area contributed by atoms with Crippen molar-refractivity contribution in [2.45, 2.75) is 13.8 Å². The van der Waals surface area contributed by atoms with E-state index in [1.54, 1.807) is 13.0 Å². The smallest absolute Gasteiger partial charge is 0.277 e. The molecule has 0 aromatic heterocycles. The maximum absolute atomic E-state index is 12.4. The SMILES string of the molecule is Cc1cc(C)c(NC(=O)c2cc([N+](=O)[O-])cc([N+](=O)[O-])c2)c(Br)c1. The first-order valence-electron chi connectivity index (χ1n) is 6.71. The number of carbonyl (C=O) groups is 1. The van der Waals surface area contributed by atoms with Crippen LogP contribution in [0.4, 0.5) is 17.1 Å². The summed E-state index contributed by atoms with van der Waals surface area (Å²) in [7, 11) is 0. The minimum absolute atomic E-state index is 0.164. The Hall–Kier alpha value is -2.81. The molecule has 124 valence electrons. The van der Waals surface area contributed by atoms with Crippen molar-refractivity contribution in [3.8, 4) is 0 Å². The number of rotatable bonds is 4. The first-order chi connectivity index (χ1) is 11.2. The van der Waals surface area contributed by atoms with Gasteiger partial charge in [-0.05, 0) is 47.0 Å². The predicted octanol–water partition coefficient (Wildman–Crippen LogP) is 4.13. The fourth-order valence-corrected chi connectivity index (χ4v) is 2.97. The van der Waals surface area contributed by atoms with Crippen LogP contribution in [0.1, 0.15) is 21.5 Å². The summed E-state index contributed by atoms with van der Waals surface area (Å²) >= 11 is 3.34. The number of halogens is 1. The van der Waals surface area contributed by atoms with Crippen LogP contribution in [0.3, 0.4) is 0 Å². The normalized spacial score (nSPS) is 10.3. The minimum atomic E-state index is -0.781. The van der Waals surface area contributed by atoms with Gasteiger partial charge in [-0.3, -0.25) is 25.0 Å². The van der Waals surface area contributed by atoms with Crippen molar-refractivity contribution >= 4 is 38.9 Å². The Balaban J connectivity index is 2.43. The fourth-order valence-electron chi connectivity index (χ4n) is 2.20. The molecule has 0 heterocycles. The molecule has 0 aliphatic carbocycles. The second kappa shape index (κ2) is 6.75. The Morgan fingerprint density at radius 3 is 2.00 bits per heavy atom. The lowest BCUT2D eigenvalue weighted by atomic mass is 10.1. The Kier molecular flexibility index (Phi) is 4.93. The van der Waals surface area contributed by atoms with Gasteiger partial charge in [-0.2, -0.15) is 0 Å². The molecule has 0 unspecified atom stereocenters. The molecule has 2 rings (SSSR count). The minimum Gasteiger partial charge on any atom is -0.321 e. The molecule has 0 atom stereocenters. The highest BCUT2D eigenvalue weighted by molar-refractivity contribution is 9.10. The molecule has 0 bridgehead atoms. The molecule has 1 amide bonds. The Morgan fingerprint density at radius 2 is 1.54 bits per heavy atom. The second-order valence-corrected chi connectivity index (χ2v) is 6.00. The molecular formula is C15H12BrN3O5. The Labute approximate surface area is 144 Å². The molecular weight excluding hydrogens is 382 g/mol. The first kappa shape index (κ1) is 17.5. The van der Waals surface area contributed by atoms with Crippen molar-refractivity contribution in [3.05, 3.63) is 71.7 Å². The van der Waals surface area contributed by atoms with Crippen LogP contribution in [0, 0.1) is 34.1 Å². The van der Waals surface area contributed by atoms with Crippen LogP contribution in [-0.4, -0.2) is 15.8 Å². The van der Waals surface area contributed by atoms with Gasteiger partial charge in [0.15, 0.2) is 0 Å². The third-order valence-electron chi connectivity index (χ3n) is 3.26. The number of carbonyl (C=O) groups excluding carboxylic acids is 1. The number of hydrogen-bond donors (Lipinski definition) is 1. The van der Waals surface area contributed by atoms with Crippen LogP contribution in [0.5, 0.6) is 0 Å². The summed E-state index contributed by atoms with van der Waals surface area (Å²) in [6.07, 6.45) is 0. The summed E-state index contributed by atoms with van der Waals surface area (Å²) in [4.78, 5) is 32.6. The van der Waals surface area contributed by atoms with E-state index in [1.807, 2.05) is 13.0 Å². The third kappa shape index (κ3) is 3.74. The lowest BCUT2D eigenvalue weighted by Gasteiger charge is -2.12. The molecule has 0 aliphatic rings. The number of nitro groups is 2. The highest BCUT2D eigenvalue weighted by atomic mass is 79.9. The zero-order valence-electron chi connectivity index (χ0n) is 12.7. The highest BCUT2D eigenvalue weighted by Gasteiger charge is 2.20. The van der Waals surface area contributed by atoms with Gasteiger partial charge < -0.3 is 5.32 Å². The quantitative estimate of drug-likeness (QED) is 0.618. The summed E-state index contributed by atoms with van der Waals surface area (Å²) in [5.41, 5.74) is 1.07. The largest absolute Gasteiger partial charge is 0.321 e. The molecule has 0 radical (unpaired) electrons. The van der Waals surface area contributed by atoms with Crippen molar-refractivity contribution in [2.75, 3.05) is 5.32 Å². The van der Waals surface area contributed by atoms with E-state index in [2.05, 4.69) is 21.2 Å². The second-order valence-electron chi connectivity index (χ2n) is 5.15. The molecule has 2 aromatic carbocycles. The Morgan fingerprint density at radius 1 is 1.00 bits per heavy atom. The van der Waals surface area contributed by atoms with Crippen LogP contribution in [0.15, 0.2) is 34.8 Å². The van der Waals surface area contributed by atoms with Crippen molar-refractivity contribution in [3.63, 3.8) is 0 Å². The van der Waals surface area contributed by atoms with Gasteiger partial charge in [0.1, 0.15) is 0 Å². The van der Waals surface area contributed by atoms with Gasteiger partial charge in [-0.1, -0.05) is 6.07 Å². The van der Waals surface area contributed by atoms with Crippen molar-refractivity contribution in [2.24, 2.45) is 0 Å². The van der Waals surface area contributed by atoms with Crippen molar-refractivity contribution < 1.29 is 14.6 Å². The van der Waals surface area contributed by atoms with E-state index >= 15 is 0 Å². The van der Waals surface area contributed by atoms with Crippen LogP contribution >= 0.6 is 15.9 Å². The highest BCUT2D eigenvalue weighted by Crippen LogP contribution is 2.29. The van der Waals surface area contributed by atoms with E-state index in [-0.39, 0.29) is 5.56 Å². The maximum Gasteiger partial charge on any atom is 0.277 e. The van der Waals surface area contributed by atoms with E-state index < -0.39 is 27.1 Å². The number of anilines is 1. The molecule has 0 saturated carbocycles. The molecule has 0 fully saturated rings. The van der Waals surface area contributed by atoms with Gasteiger partial charge in [0.2, 0.25) is 0 Å². The molecule has 0 spiro atoms. The zero-order valence-corrected chi connectivity index (χ0v) is 14.3. The standard InChI is InChI=1S/C15H12BrN3O5/c1-8-3-9(2)14(13(16)4-8)17-15(20)10-5-11(18(21)22)7-12(6-10)19(23)24/h3-7H,1-2H3,(H,17,20). The van der Waals surface area contributed by atoms with Crippen LogP contribution in [-0.2, 0) is 0 Å². The number of nitrogens with one attached hydrogen (secondary N) is 1. The van der Waals surface area contributed by atoms with Crippen molar-refractivity contribution in [1.82, 2.24) is 0 Å². The summed E-state index contributed by atoms with van der Waals surface area (Å²) in [6, 6.07) is 6.47. The van der Waals surface area contributed by atoms with E-state index in [0.29, 0.717) is 10.2 Å². The Bertz CT molecular complexity index is 811. The van der Waals surface area contributed by atoms with Crippen LogP contribution < -0.4 is 5.32 Å². The summed E-state index contributed by atoms with van der Waals surface area (Å²) in [5.74, 6) is -0.672. The molecule has 9 heteroatoms. The maximum atomic E-state index is 12.4. The van der Waals surface area contributed by atoms with Crippen LogP contribution in [0.25, 0.3) is 0 Å². The number of aryl methyl sites for hydroxylation is 2. The zero-order chi connectivity index (χ0) is 18.0. The molecule has 0 aliphatic heterocycles. The number of non-ortho nitro benzene ring substituents is 2. The van der Waals surface area contributed by atoms with Gasteiger partial charge in [0.25, 0.3) is 17.3 Å². The van der Waals surface area contributed by atoms with Gasteiger partial charge >= 0.3 is 0 Å². The number of amides is 1. The van der Waals surface area contributed by atoms with Gasteiger partial charge in [-0.25, -0.2) is 0 Å². The molecule has 24 heavy (non-hydrogen) atoms. The first-order valence-corrected chi connectivity index (χ1v) is 7.50. The fraction of sp³-hybridized carbons (Fsp3) is 0.133. The van der Waals surface area contributed by atoms with E-state index in [1.165, 1.54) is 0 Å². The number of nitrogens with zero attached hydrogens (tertiary/aromatic N) is 2. The topological polar surface area (TPSA) is 115 Å². The number of nitro benzene ring substituents is 2. The predicted molar refractivity (Wildman–Crippen MR) is 91.3 cm³/mol. The molecule has 8 nitrogen and oxygen atoms in total. The van der Waals surface area contributed by atoms with Gasteiger partial charge in [0, 0.05) is 16.6 Å². The van der Waals surface area contributed by atoms with Crippen molar-refractivity contribution in [1.29, 1.82) is 0 Å². The summed E-state index contributed by atoms with van der Waals surface area (Å²) in [5, 5.41) is 24.4. The number of benzene rings is 2. The van der Waals surface area contributed by atoms with Crippen LogP contribution in [0.2, 0.25) is 0 Å². The molecule has 2 aromatic rings. The molecule has 0 saturated heterocycles. The lowest BCUT2D eigenvalue weighted by Crippen LogP contribution is -2.14. The van der Waals surface area contributed by atoms with Gasteiger partial charge in [-0.15, -0.1) is 0 Å². The van der Waals surface area contributed by atoms with E-state index in [4.69, 9.17) is 0 Å². The molecule has 1 N–H and O–H groups in total. The lowest BCUT2D eigenvalue weighted by molar-refractivity contribution is -0.394. The van der Waals surface area contributed by atoms with E-state index in [9.17, 15) is 25.0 Å². The number of hydrogen-bond acceptors (Lipinski definition) is 5. The average molecular weight is 394 g/mol. The summed E-state index contributed by atoms with van der Waals surface area (Å²) in [6.45, 7) is 3.69.